The Kier molecular flexibility index (Phi) is 3.90. The Bertz CT molecular complexity index is 470. The minimum atomic E-state index is 0.204. The molecule has 0 radical (unpaired) electrons. The largest absolute Gasteiger partial charge is 0.378 e. The zero-order valence-corrected chi connectivity index (χ0v) is 11.9. The molecule has 84 valence electrons. The first-order valence-corrected chi connectivity index (χ1v) is 7.02. The lowest BCUT2D eigenvalue weighted by atomic mass is 10.1. The lowest BCUT2D eigenvalue weighted by Crippen LogP contribution is -2.06. The van der Waals surface area contributed by atoms with Crippen molar-refractivity contribution in [2.75, 3.05) is 5.32 Å². The summed E-state index contributed by atoms with van der Waals surface area (Å²) >= 11 is 11.3. The maximum atomic E-state index is 6.20. The van der Waals surface area contributed by atoms with Gasteiger partial charge in [-0.2, -0.15) is 11.3 Å². The van der Waals surface area contributed by atoms with Crippen LogP contribution in [0.15, 0.2) is 39.5 Å². The maximum Gasteiger partial charge on any atom is 0.0500 e. The molecule has 0 saturated carbocycles. The molecule has 0 fully saturated rings. The van der Waals surface area contributed by atoms with Crippen LogP contribution < -0.4 is 5.32 Å². The van der Waals surface area contributed by atoms with E-state index in [-0.39, 0.29) is 6.04 Å². The average Bonchev–Trinajstić information content (AvgIpc) is 2.70. The molecule has 1 N–H and O–H groups in total. The number of hydrogen-bond acceptors (Lipinski definition) is 2. The van der Waals surface area contributed by atoms with Gasteiger partial charge in [0.25, 0.3) is 0 Å². The quantitative estimate of drug-likeness (QED) is 0.806. The van der Waals surface area contributed by atoms with E-state index in [4.69, 9.17) is 11.6 Å². The van der Waals surface area contributed by atoms with Gasteiger partial charge in [0.2, 0.25) is 0 Å². The summed E-state index contributed by atoms with van der Waals surface area (Å²) in [6.07, 6.45) is 0. The molecule has 2 aromatic rings. The van der Waals surface area contributed by atoms with Crippen LogP contribution in [0.25, 0.3) is 0 Å². The fourth-order valence-electron chi connectivity index (χ4n) is 1.53. The van der Waals surface area contributed by atoms with Gasteiger partial charge in [0.05, 0.1) is 6.04 Å². The molecule has 0 spiro atoms. The molecule has 1 heterocycles. The highest BCUT2D eigenvalue weighted by molar-refractivity contribution is 9.10. The van der Waals surface area contributed by atoms with Crippen LogP contribution in [0.3, 0.4) is 0 Å². The van der Waals surface area contributed by atoms with E-state index >= 15 is 0 Å². The van der Waals surface area contributed by atoms with Crippen molar-refractivity contribution in [3.8, 4) is 0 Å². The zero-order valence-electron chi connectivity index (χ0n) is 8.71. The van der Waals surface area contributed by atoms with Crippen molar-refractivity contribution >= 4 is 44.6 Å². The maximum absolute atomic E-state index is 6.20. The van der Waals surface area contributed by atoms with Gasteiger partial charge in [-0.15, -0.1) is 0 Å². The van der Waals surface area contributed by atoms with Gasteiger partial charge in [0.15, 0.2) is 0 Å². The third-order valence-electron chi connectivity index (χ3n) is 2.33. The van der Waals surface area contributed by atoms with Gasteiger partial charge in [-0.05, 0) is 36.1 Å². The summed E-state index contributed by atoms with van der Waals surface area (Å²) in [5.74, 6) is 0. The Morgan fingerprint density at radius 3 is 2.81 bits per heavy atom. The summed E-state index contributed by atoms with van der Waals surface area (Å²) in [6.45, 7) is 2.10. The van der Waals surface area contributed by atoms with Crippen molar-refractivity contribution in [3.63, 3.8) is 0 Å². The molecule has 1 atom stereocenters. The molecule has 0 amide bonds. The van der Waals surface area contributed by atoms with E-state index in [9.17, 15) is 0 Å². The Labute approximate surface area is 113 Å². The Hall–Kier alpha value is -0.510. The number of rotatable bonds is 3. The number of benzene rings is 1. The zero-order chi connectivity index (χ0) is 11.5. The summed E-state index contributed by atoms with van der Waals surface area (Å²) in [5, 5.41) is 8.33. The van der Waals surface area contributed by atoms with Crippen molar-refractivity contribution in [3.05, 3.63) is 50.1 Å². The third kappa shape index (κ3) is 2.78. The van der Waals surface area contributed by atoms with E-state index in [1.807, 2.05) is 18.2 Å². The monoisotopic (exact) mass is 315 g/mol. The van der Waals surface area contributed by atoms with Crippen LogP contribution >= 0.6 is 38.9 Å². The van der Waals surface area contributed by atoms with E-state index in [1.165, 1.54) is 0 Å². The van der Waals surface area contributed by atoms with Gasteiger partial charge in [-0.25, -0.2) is 0 Å². The Morgan fingerprint density at radius 1 is 1.38 bits per heavy atom. The van der Waals surface area contributed by atoms with Crippen LogP contribution in [-0.4, -0.2) is 0 Å². The first-order chi connectivity index (χ1) is 7.66. The second-order valence-corrected chi connectivity index (χ2v) is 5.65. The topological polar surface area (TPSA) is 12.0 Å². The molecule has 1 unspecified atom stereocenters. The number of anilines is 1. The van der Waals surface area contributed by atoms with Gasteiger partial charge in [-0.1, -0.05) is 33.6 Å². The van der Waals surface area contributed by atoms with Gasteiger partial charge in [0.1, 0.15) is 0 Å². The first-order valence-electron chi connectivity index (χ1n) is 4.90. The second-order valence-electron chi connectivity index (χ2n) is 3.54. The smallest absolute Gasteiger partial charge is 0.0500 e. The van der Waals surface area contributed by atoms with E-state index < -0.39 is 0 Å². The SMILES string of the molecule is CC(Nc1ccsc1)c1ccc(Br)cc1Cl. The van der Waals surface area contributed by atoms with Crippen LogP contribution in [0.5, 0.6) is 0 Å². The van der Waals surface area contributed by atoms with Crippen molar-refractivity contribution < 1.29 is 0 Å². The number of nitrogens with one attached hydrogen (secondary N) is 1. The molecule has 4 heteroatoms. The van der Waals surface area contributed by atoms with Gasteiger partial charge in [-0.3, -0.25) is 0 Å². The highest BCUT2D eigenvalue weighted by Crippen LogP contribution is 2.29. The highest BCUT2D eigenvalue weighted by Gasteiger charge is 2.09. The molecule has 0 aliphatic rings. The predicted octanol–water partition coefficient (Wildman–Crippen LogP) is 5.34. The minimum Gasteiger partial charge on any atom is -0.378 e. The predicted molar refractivity (Wildman–Crippen MR) is 75.5 cm³/mol. The molecular formula is C12H11BrClNS. The van der Waals surface area contributed by atoms with E-state index in [2.05, 4.69) is 45.0 Å². The minimum absolute atomic E-state index is 0.204. The molecule has 0 aliphatic carbocycles. The Balaban J connectivity index is 2.17. The summed E-state index contributed by atoms with van der Waals surface area (Å²) in [4.78, 5) is 0. The standard InChI is InChI=1S/C12H11BrClNS/c1-8(15-10-4-5-16-7-10)11-3-2-9(13)6-12(11)14/h2-8,15H,1H3. The molecule has 2 rings (SSSR count). The summed E-state index contributed by atoms with van der Waals surface area (Å²) in [7, 11) is 0. The summed E-state index contributed by atoms with van der Waals surface area (Å²) in [5.41, 5.74) is 2.24. The number of hydrogen-bond donors (Lipinski definition) is 1. The van der Waals surface area contributed by atoms with Crippen LogP contribution in [0.1, 0.15) is 18.5 Å². The van der Waals surface area contributed by atoms with E-state index in [1.54, 1.807) is 11.3 Å². The lowest BCUT2D eigenvalue weighted by molar-refractivity contribution is 0.886. The van der Waals surface area contributed by atoms with Gasteiger partial charge in [0, 0.05) is 20.6 Å². The molecule has 16 heavy (non-hydrogen) atoms. The molecule has 0 bridgehead atoms. The second kappa shape index (κ2) is 5.21. The first kappa shape index (κ1) is 12.0. The summed E-state index contributed by atoms with van der Waals surface area (Å²) in [6, 6.07) is 8.23. The van der Waals surface area contributed by atoms with E-state index in [0.29, 0.717) is 0 Å². The van der Waals surface area contributed by atoms with Crippen molar-refractivity contribution in [1.29, 1.82) is 0 Å². The van der Waals surface area contributed by atoms with Gasteiger partial charge >= 0.3 is 0 Å². The van der Waals surface area contributed by atoms with Crippen molar-refractivity contribution in [1.82, 2.24) is 0 Å². The number of halogens is 2. The molecule has 1 aromatic carbocycles. The molecule has 0 saturated heterocycles. The number of thiophene rings is 1. The fourth-order valence-corrected chi connectivity index (χ4v) is 2.96. The third-order valence-corrected chi connectivity index (χ3v) is 3.84. The van der Waals surface area contributed by atoms with Gasteiger partial charge < -0.3 is 5.32 Å². The lowest BCUT2D eigenvalue weighted by Gasteiger charge is -2.16. The normalized spacial score (nSPS) is 12.4. The Morgan fingerprint density at radius 2 is 2.19 bits per heavy atom. The highest BCUT2D eigenvalue weighted by atomic mass is 79.9. The molecule has 1 aromatic heterocycles. The van der Waals surface area contributed by atoms with Crippen molar-refractivity contribution in [2.45, 2.75) is 13.0 Å². The summed E-state index contributed by atoms with van der Waals surface area (Å²) < 4.78 is 1.00. The fraction of sp³-hybridized carbons (Fsp3) is 0.167. The molecular weight excluding hydrogens is 306 g/mol. The average molecular weight is 317 g/mol. The van der Waals surface area contributed by atoms with Crippen LogP contribution in [0, 0.1) is 0 Å². The van der Waals surface area contributed by atoms with Crippen LogP contribution in [0.2, 0.25) is 5.02 Å². The van der Waals surface area contributed by atoms with Crippen molar-refractivity contribution in [2.24, 2.45) is 0 Å². The van der Waals surface area contributed by atoms with Crippen LogP contribution in [-0.2, 0) is 0 Å². The van der Waals surface area contributed by atoms with E-state index in [0.717, 1.165) is 20.7 Å². The molecule has 1 nitrogen and oxygen atoms in total. The molecule has 0 aliphatic heterocycles. The van der Waals surface area contributed by atoms with Crippen LogP contribution in [0.4, 0.5) is 5.69 Å².